The van der Waals surface area contributed by atoms with Gasteiger partial charge in [-0.3, -0.25) is 0 Å². The van der Waals surface area contributed by atoms with Crippen LogP contribution in [0, 0.1) is 0 Å². The molecule has 0 aliphatic heterocycles. The lowest BCUT2D eigenvalue weighted by molar-refractivity contribution is 0.272. The first kappa shape index (κ1) is 9.43. The van der Waals surface area contributed by atoms with Crippen LogP contribution < -0.4 is 0 Å². The summed E-state index contributed by atoms with van der Waals surface area (Å²) >= 11 is 3.45. The van der Waals surface area contributed by atoms with Gasteiger partial charge in [-0.25, -0.2) is 4.98 Å². The molecule has 4 heteroatoms. The molecule has 1 aromatic heterocycles. The van der Waals surface area contributed by atoms with Crippen molar-refractivity contribution >= 4 is 15.9 Å². The molecule has 2 N–H and O–H groups in total. The monoisotopic (exact) mass is 252 g/mol. The minimum atomic E-state index is -0.0650. The number of aliphatic hydroxyl groups excluding tert-OH is 1. The third-order valence-electron chi connectivity index (χ3n) is 1.94. The van der Waals surface area contributed by atoms with Crippen LogP contribution in [0.3, 0.4) is 0 Å². The van der Waals surface area contributed by atoms with Crippen LogP contribution >= 0.6 is 15.9 Å². The molecule has 0 spiro atoms. The number of nitrogens with zero attached hydrogens (tertiary/aromatic N) is 1. The Labute approximate surface area is 89.9 Å². The van der Waals surface area contributed by atoms with Gasteiger partial charge in [0.2, 0.25) is 0 Å². The Balaban J connectivity index is 2.44. The van der Waals surface area contributed by atoms with Gasteiger partial charge in [-0.1, -0.05) is 34.1 Å². The number of imidazole rings is 1. The van der Waals surface area contributed by atoms with E-state index in [4.69, 9.17) is 5.11 Å². The highest BCUT2D eigenvalue weighted by molar-refractivity contribution is 9.10. The summed E-state index contributed by atoms with van der Waals surface area (Å²) in [4.78, 5) is 7.05. The molecule has 0 saturated carbocycles. The number of benzene rings is 1. The maximum Gasteiger partial charge on any atom is 0.132 e. The van der Waals surface area contributed by atoms with E-state index < -0.39 is 0 Å². The molecule has 0 saturated heterocycles. The molecule has 0 bridgehead atoms. The van der Waals surface area contributed by atoms with Crippen LogP contribution in [0.1, 0.15) is 5.82 Å². The van der Waals surface area contributed by atoms with Crippen molar-refractivity contribution in [2.75, 3.05) is 0 Å². The van der Waals surface area contributed by atoms with E-state index >= 15 is 0 Å². The highest BCUT2D eigenvalue weighted by atomic mass is 79.9. The fourth-order valence-corrected chi connectivity index (χ4v) is 1.76. The number of H-pyrrole nitrogens is 1. The molecule has 0 fully saturated rings. The number of nitrogens with one attached hydrogen (secondary N) is 1. The molecule has 1 aromatic carbocycles. The first-order valence-electron chi connectivity index (χ1n) is 4.21. The van der Waals surface area contributed by atoms with Crippen molar-refractivity contribution in [2.45, 2.75) is 6.61 Å². The normalized spacial score (nSPS) is 10.4. The highest BCUT2D eigenvalue weighted by Gasteiger charge is 2.04. The van der Waals surface area contributed by atoms with E-state index in [-0.39, 0.29) is 6.61 Å². The molecule has 14 heavy (non-hydrogen) atoms. The van der Waals surface area contributed by atoms with Gasteiger partial charge in [0.15, 0.2) is 0 Å². The van der Waals surface area contributed by atoms with Crippen LogP contribution in [0.25, 0.3) is 11.3 Å². The third kappa shape index (κ3) is 1.71. The van der Waals surface area contributed by atoms with Gasteiger partial charge < -0.3 is 10.1 Å². The van der Waals surface area contributed by atoms with Gasteiger partial charge in [-0.05, 0) is 6.07 Å². The minimum absolute atomic E-state index is 0.0650. The molecule has 3 nitrogen and oxygen atoms in total. The van der Waals surface area contributed by atoms with Crippen LogP contribution in [0.15, 0.2) is 34.9 Å². The van der Waals surface area contributed by atoms with E-state index in [1.807, 2.05) is 24.3 Å². The van der Waals surface area contributed by atoms with Crippen molar-refractivity contribution < 1.29 is 5.11 Å². The van der Waals surface area contributed by atoms with Crippen LogP contribution in [0.4, 0.5) is 0 Å². The van der Waals surface area contributed by atoms with Gasteiger partial charge in [-0.2, -0.15) is 0 Å². The zero-order valence-corrected chi connectivity index (χ0v) is 8.95. The lowest BCUT2D eigenvalue weighted by Gasteiger charge is -1.99. The van der Waals surface area contributed by atoms with Crippen LogP contribution in [-0.4, -0.2) is 15.1 Å². The zero-order chi connectivity index (χ0) is 9.97. The Morgan fingerprint density at radius 3 is 2.79 bits per heavy atom. The maximum absolute atomic E-state index is 8.86. The second kappa shape index (κ2) is 3.94. The van der Waals surface area contributed by atoms with E-state index in [0.717, 1.165) is 15.7 Å². The lowest BCUT2D eigenvalue weighted by atomic mass is 10.2. The molecular formula is C10H9BrN2O. The summed E-state index contributed by atoms with van der Waals surface area (Å²) in [6, 6.07) is 7.87. The number of aromatic nitrogens is 2. The molecule has 2 rings (SSSR count). The van der Waals surface area contributed by atoms with Gasteiger partial charge in [0.1, 0.15) is 12.4 Å². The summed E-state index contributed by atoms with van der Waals surface area (Å²) in [5.41, 5.74) is 1.95. The fourth-order valence-electron chi connectivity index (χ4n) is 1.26. The largest absolute Gasteiger partial charge is 0.388 e. The van der Waals surface area contributed by atoms with Gasteiger partial charge >= 0.3 is 0 Å². The lowest BCUT2D eigenvalue weighted by Crippen LogP contribution is -1.85. The van der Waals surface area contributed by atoms with Crippen molar-refractivity contribution in [1.29, 1.82) is 0 Å². The molecule has 72 valence electrons. The predicted molar refractivity (Wildman–Crippen MR) is 57.6 cm³/mol. The second-order valence-electron chi connectivity index (χ2n) is 2.88. The molecule has 0 atom stereocenters. The highest BCUT2D eigenvalue weighted by Crippen LogP contribution is 2.26. The Morgan fingerprint density at radius 1 is 1.36 bits per heavy atom. The first-order valence-corrected chi connectivity index (χ1v) is 5.00. The summed E-state index contributed by atoms with van der Waals surface area (Å²) in [7, 11) is 0. The van der Waals surface area contributed by atoms with Gasteiger partial charge in [0.05, 0.1) is 11.9 Å². The smallest absolute Gasteiger partial charge is 0.132 e. The molecular weight excluding hydrogens is 244 g/mol. The van der Waals surface area contributed by atoms with Crippen molar-refractivity contribution in [3.8, 4) is 11.3 Å². The third-order valence-corrected chi connectivity index (χ3v) is 2.63. The number of aromatic amines is 1. The van der Waals surface area contributed by atoms with Crippen molar-refractivity contribution in [2.24, 2.45) is 0 Å². The predicted octanol–water partition coefficient (Wildman–Crippen LogP) is 2.33. The fraction of sp³-hybridized carbons (Fsp3) is 0.100. The molecule has 0 aliphatic carbocycles. The second-order valence-corrected chi connectivity index (χ2v) is 3.74. The minimum Gasteiger partial charge on any atom is -0.388 e. The average Bonchev–Trinajstić information content (AvgIpc) is 2.67. The van der Waals surface area contributed by atoms with Gasteiger partial charge in [0, 0.05) is 10.0 Å². The standard InChI is InChI=1S/C10H9BrN2O/c11-8-4-2-1-3-7(8)9-5-12-10(6-14)13-9/h1-5,14H,6H2,(H,12,13). The van der Waals surface area contributed by atoms with E-state index in [1.54, 1.807) is 6.20 Å². The van der Waals surface area contributed by atoms with E-state index in [2.05, 4.69) is 25.9 Å². The number of rotatable bonds is 2. The van der Waals surface area contributed by atoms with Crippen LogP contribution in [0.5, 0.6) is 0 Å². The number of hydrogen-bond donors (Lipinski definition) is 2. The number of aliphatic hydroxyl groups is 1. The van der Waals surface area contributed by atoms with Crippen molar-refractivity contribution in [3.63, 3.8) is 0 Å². The summed E-state index contributed by atoms with van der Waals surface area (Å²) in [5.74, 6) is 0.579. The summed E-state index contributed by atoms with van der Waals surface area (Å²) < 4.78 is 1.01. The SMILES string of the molecule is OCc1ncc(-c2ccccc2Br)[nH]1. The van der Waals surface area contributed by atoms with Crippen LogP contribution in [-0.2, 0) is 6.61 Å². The van der Waals surface area contributed by atoms with E-state index in [1.165, 1.54) is 0 Å². The molecule has 2 aromatic rings. The molecule has 0 amide bonds. The maximum atomic E-state index is 8.86. The molecule has 0 radical (unpaired) electrons. The van der Waals surface area contributed by atoms with E-state index in [0.29, 0.717) is 5.82 Å². The average molecular weight is 253 g/mol. The zero-order valence-electron chi connectivity index (χ0n) is 7.37. The Bertz CT molecular complexity index is 439. The van der Waals surface area contributed by atoms with E-state index in [9.17, 15) is 0 Å². The Morgan fingerprint density at radius 2 is 2.14 bits per heavy atom. The Kier molecular flexibility index (Phi) is 2.65. The topological polar surface area (TPSA) is 48.9 Å². The summed E-state index contributed by atoms with van der Waals surface area (Å²) in [6.07, 6.45) is 1.71. The Hall–Kier alpha value is -1.13. The number of hydrogen-bond acceptors (Lipinski definition) is 2. The quantitative estimate of drug-likeness (QED) is 0.862. The van der Waals surface area contributed by atoms with Crippen molar-refractivity contribution in [3.05, 3.63) is 40.8 Å². The van der Waals surface area contributed by atoms with Crippen molar-refractivity contribution in [1.82, 2.24) is 9.97 Å². The summed E-state index contributed by atoms with van der Waals surface area (Å²) in [5, 5.41) is 8.86. The number of halogens is 1. The van der Waals surface area contributed by atoms with Gasteiger partial charge in [-0.15, -0.1) is 0 Å². The molecule has 0 unspecified atom stereocenters. The first-order chi connectivity index (χ1) is 6.81. The van der Waals surface area contributed by atoms with Gasteiger partial charge in [0.25, 0.3) is 0 Å². The molecule has 0 aliphatic rings. The molecule has 1 heterocycles. The van der Waals surface area contributed by atoms with Crippen LogP contribution in [0.2, 0.25) is 0 Å². The summed E-state index contributed by atoms with van der Waals surface area (Å²) in [6.45, 7) is -0.0650.